The second-order valence-corrected chi connectivity index (χ2v) is 6.35. The van der Waals surface area contributed by atoms with Crippen LogP contribution in [-0.2, 0) is 20.7 Å². The van der Waals surface area contributed by atoms with E-state index in [1.807, 2.05) is 19.1 Å². The van der Waals surface area contributed by atoms with Crippen molar-refractivity contribution in [1.29, 1.82) is 0 Å². The van der Waals surface area contributed by atoms with Crippen LogP contribution in [-0.4, -0.2) is 37.8 Å². The molecule has 5 heteroatoms. The van der Waals surface area contributed by atoms with Gasteiger partial charge < -0.3 is 19.3 Å². The summed E-state index contributed by atoms with van der Waals surface area (Å²) < 4.78 is 16.6. The summed E-state index contributed by atoms with van der Waals surface area (Å²) in [4.78, 5) is 12.3. The minimum atomic E-state index is -0.855. The second kappa shape index (κ2) is 8.23. The van der Waals surface area contributed by atoms with E-state index >= 15 is 0 Å². The summed E-state index contributed by atoms with van der Waals surface area (Å²) in [6, 6.07) is 5.25. The molecule has 0 radical (unpaired) electrons. The maximum absolute atomic E-state index is 12.3. The summed E-state index contributed by atoms with van der Waals surface area (Å²) in [6.45, 7) is 5.75. The summed E-state index contributed by atoms with van der Waals surface area (Å²) in [5.41, 5.74) is 0.763. The highest BCUT2D eigenvalue weighted by molar-refractivity contribution is 6.06. The fourth-order valence-electron chi connectivity index (χ4n) is 3.36. The second-order valence-electron chi connectivity index (χ2n) is 6.35. The van der Waals surface area contributed by atoms with Gasteiger partial charge in [0.1, 0.15) is 11.4 Å². The Morgan fingerprint density at radius 1 is 1.27 bits per heavy atom. The van der Waals surface area contributed by atoms with Crippen molar-refractivity contribution in [3.05, 3.63) is 59.9 Å². The number of methoxy groups -OCH3 is 3. The molecule has 0 bridgehead atoms. The normalized spacial score (nSPS) is 20.8. The topological polar surface area (TPSA) is 65.0 Å². The van der Waals surface area contributed by atoms with E-state index in [2.05, 4.69) is 6.58 Å². The Morgan fingerprint density at radius 2 is 2.00 bits per heavy atom. The standard InChI is InChI=1S/C21H26O5/c1-6-7-16-13-21(26-5,20(25-4)12-18(16)23)14(2)10-15-8-9-17(22)19(11-15)24-3/h6,8-9,11-14,22H,1,7,10H2,2-5H3. The lowest BCUT2D eigenvalue weighted by Crippen LogP contribution is -2.43. The lowest BCUT2D eigenvalue weighted by Gasteiger charge is -2.39. The molecule has 140 valence electrons. The van der Waals surface area contributed by atoms with E-state index in [0.29, 0.717) is 29.9 Å². The molecular weight excluding hydrogens is 332 g/mol. The van der Waals surface area contributed by atoms with Gasteiger partial charge >= 0.3 is 0 Å². The molecule has 1 aromatic rings. The van der Waals surface area contributed by atoms with Gasteiger partial charge in [-0.3, -0.25) is 4.79 Å². The van der Waals surface area contributed by atoms with Gasteiger partial charge in [-0.25, -0.2) is 0 Å². The lowest BCUT2D eigenvalue weighted by molar-refractivity contribution is -0.112. The zero-order valence-electron chi connectivity index (χ0n) is 15.7. The molecule has 26 heavy (non-hydrogen) atoms. The third kappa shape index (κ3) is 3.68. The van der Waals surface area contributed by atoms with Crippen LogP contribution in [0.4, 0.5) is 0 Å². The molecular formula is C21H26O5. The quantitative estimate of drug-likeness (QED) is 0.720. The number of ketones is 1. The molecule has 2 atom stereocenters. The molecule has 2 rings (SSSR count). The van der Waals surface area contributed by atoms with Crippen molar-refractivity contribution in [1.82, 2.24) is 0 Å². The van der Waals surface area contributed by atoms with Crippen LogP contribution in [0.2, 0.25) is 0 Å². The van der Waals surface area contributed by atoms with Crippen molar-refractivity contribution in [2.45, 2.75) is 25.4 Å². The Hall–Kier alpha value is -2.53. The summed E-state index contributed by atoms with van der Waals surface area (Å²) in [5.74, 6) is 0.870. The van der Waals surface area contributed by atoms with Crippen molar-refractivity contribution >= 4 is 5.78 Å². The summed E-state index contributed by atoms with van der Waals surface area (Å²) in [6.07, 6.45) is 6.15. The van der Waals surface area contributed by atoms with Gasteiger partial charge in [-0.05, 0) is 36.6 Å². The molecule has 0 fully saturated rings. The first-order chi connectivity index (χ1) is 12.4. The number of carbonyl (C=O) groups excluding carboxylic acids is 1. The van der Waals surface area contributed by atoms with Gasteiger partial charge in [0.2, 0.25) is 0 Å². The number of ether oxygens (including phenoxy) is 3. The zero-order chi connectivity index (χ0) is 19.3. The van der Waals surface area contributed by atoms with E-state index in [9.17, 15) is 9.90 Å². The molecule has 1 aliphatic carbocycles. The first-order valence-electron chi connectivity index (χ1n) is 8.46. The van der Waals surface area contributed by atoms with Crippen LogP contribution in [0.15, 0.2) is 54.3 Å². The molecule has 0 heterocycles. The maximum atomic E-state index is 12.3. The van der Waals surface area contributed by atoms with E-state index < -0.39 is 5.60 Å². The first-order valence-corrected chi connectivity index (χ1v) is 8.46. The van der Waals surface area contributed by atoms with Gasteiger partial charge in [0.25, 0.3) is 0 Å². The molecule has 0 amide bonds. The summed E-state index contributed by atoms with van der Waals surface area (Å²) in [7, 11) is 4.66. The monoisotopic (exact) mass is 358 g/mol. The summed E-state index contributed by atoms with van der Waals surface area (Å²) >= 11 is 0. The SMILES string of the molecule is C=CCC1=CC(OC)(C(C)Cc2ccc(O)c(OC)c2)C(OC)=CC1=O. The number of carbonyl (C=O) groups is 1. The Kier molecular flexibility index (Phi) is 6.27. The Balaban J connectivity index is 2.41. The van der Waals surface area contributed by atoms with Crippen LogP contribution in [0.5, 0.6) is 11.5 Å². The molecule has 0 saturated heterocycles. The van der Waals surface area contributed by atoms with Crippen LogP contribution < -0.4 is 4.74 Å². The third-order valence-electron chi connectivity index (χ3n) is 4.79. The van der Waals surface area contributed by atoms with Gasteiger partial charge in [-0.15, -0.1) is 6.58 Å². The van der Waals surface area contributed by atoms with E-state index in [-0.39, 0.29) is 17.5 Å². The number of phenols is 1. The minimum absolute atomic E-state index is 0.0409. The number of hydrogen-bond acceptors (Lipinski definition) is 5. The van der Waals surface area contributed by atoms with Crippen molar-refractivity contribution in [3.63, 3.8) is 0 Å². The number of hydrogen-bond donors (Lipinski definition) is 1. The van der Waals surface area contributed by atoms with E-state index in [4.69, 9.17) is 14.2 Å². The maximum Gasteiger partial charge on any atom is 0.185 e. The molecule has 0 spiro atoms. The fourth-order valence-corrected chi connectivity index (χ4v) is 3.36. The molecule has 1 N–H and O–H groups in total. The number of allylic oxidation sites excluding steroid dienone is 3. The fraction of sp³-hybridized carbons (Fsp3) is 0.381. The first kappa shape index (κ1) is 19.8. The molecule has 0 saturated carbocycles. The molecule has 0 aromatic heterocycles. The Labute approximate surface area is 154 Å². The van der Waals surface area contributed by atoms with E-state index in [0.717, 1.165) is 5.56 Å². The van der Waals surface area contributed by atoms with Crippen molar-refractivity contribution in [3.8, 4) is 11.5 Å². The van der Waals surface area contributed by atoms with Gasteiger partial charge in [-0.2, -0.15) is 0 Å². The average molecular weight is 358 g/mol. The molecule has 5 nitrogen and oxygen atoms in total. The van der Waals surface area contributed by atoms with Crippen LogP contribution in [0.1, 0.15) is 18.9 Å². The van der Waals surface area contributed by atoms with Gasteiger partial charge in [0.15, 0.2) is 17.3 Å². The number of aromatic hydroxyl groups is 1. The van der Waals surface area contributed by atoms with Gasteiger partial charge in [-0.1, -0.05) is 19.1 Å². The average Bonchev–Trinajstić information content (AvgIpc) is 2.64. The number of benzene rings is 1. The summed E-state index contributed by atoms with van der Waals surface area (Å²) in [5, 5.41) is 9.78. The van der Waals surface area contributed by atoms with E-state index in [1.165, 1.54) is 20.3 Å². The predicted octanol–water partition coefficient (Wildman–Crippen LogP) is 3.58. The third-order valence-corrected chi connectivity index (χ3v) is 4.79. The zero-order valence-corrected chi connectivity index (χ0v) is 15.7. The highest BCUT2D eigenvalue weighted by atomic mass is 16.5. The van der Waals surface area contributed by atoms with Gasteiger partial charge in [0.05, 0.1) is 14.2 Å². The number of phenolic OH excluding ortho intramolecular Hbond substituents is 1. The smallest absolute Gasteiger partial charge is 0.185 e. The van der Waals surface area contributed by atoms with E-state index in [1.54, 1.807) is 25.3 Å². The molecule has 1 aromatic carbocycles. The van der Waals surface area contributed by atoms with Crippen LogP contribution in [0, 0.1) is 5.92 Å². The number of rotatable bonds is 8. The Bertz CT molecular complexity index is 747. The Morgan fingerprint density at radius 3 is 2.58 bits per heavy atom. The lowest BCUT2D eigenvalue weighted by atomic mass is 9.77. The van der Waals surface area contributed by atoms with Crippen molar-refractivity contribution < 1.29 is 24.1 Å². The predicted molar refractivity (Wildman–Crippen MR) is 100 cm³/mol. The van der Waals surface area contributed by atoms with Crippen molar-refractivity contribution in [2.75, 3.05) is 21.3 Å². The molecule has 2 unspecified atom stereocenters. The van der Waals surface area contributed by atoms with Crippen LogP contribution >= 0.6 is 0 Å². The largest absolute Gasteiger partial charge is 0.504 e. The van der Waals surface area contributed by atoms with Crippen LogP contribution in [0.3, 0.4) is 0 Å². The minimum Gasteiger partial charge on any atom is -0.504 e. The molecule has 1 aliphatic rings. The van der Waals surface area contributed by atoms with Crippen LogP contribution in [0.25, 0.3) is 0 Å². The van der Waals surface area contributed by atoms with Gasteiger partial charge in [0, 0.05) is 24.7 Å². The molecule has 0 aliphatic heterocycles. The highest BCUT2D eigenvalue weighted by Gasteiger charge is 2.43. The highest BCUT2D eigenvalue weighted by Crippen LogP contribution is 2.39. The van der Waals surface area contributed by atoms with Crippen molar-refractivity contribution in [2.24, 2.45) is 5.92 Å².